The van der Waals surface area contributed by atoms with Crippen molar-refractivity contribution in [3.63, 3.8) is 0 Å². The second kappa shape index (κ2) is 11.0. The minimum atomic E-state index is -2.68. The summed E-state index contributed by atoms with van der Waals surface area (Å²) in [5.74, 6) is 1.34. The van der Waals surface area contributed by atoms with Crippen LogP contribution in [0.4, 0.5) is 18.9 Å². The predicted molar refractivity (Wildman–Crippen MR) is 143 cm³/mol. The summed E-state index contributed by atoms with van der Waals surface area (Å²) in [6, 6.07) is 12.5. The fraction of sp³-hybridized carbons (Fsp3) is 0.269. The lowest BCUT2D eigenvalue weighted by atomic mass is 10.0. The van der Waals surface area contributed by atoms with Gasteiger partial charge in [-0.25, -0.2) is 13.2 Å². The van der Waals surface area contributed by atoms with E-state index < -0.39 is 23.0 Å². The van der Waals surface area contributed by atoms with E-state index in [2.05, 4.69) is 26.7 Å². The van der Waals surface area contributed by atoms with Crippen molar-refractivity contribution in [2.45, 2.75) is 19.4 Å². The van der Waals surface area contributed by atoms with Crippen molar-refractivity contribution in [3.05, 3.63) is 83.5 Å². The van der Waals surface area contributed by atoms with Crippen LogP contribution in [0.15, 0.2) is 76.8 Å². The Hall–Kier alpha value is -3.31. The van der Waals surface area contributed by atoms with E-state index in [4.69, 9.17) is 0 Å². The molecule has 0 radical (unpaired) electrons. The summed E-state index contributed by atoms with van der Waals surface area (Å²) in [6.07, 6.45) is -0.978. The number of hydrogen-bond donors (Lipinski definition) is 0. The van der Waals surface area contributed by atoms with Gasteiger partial charge in [0, 0.05) is 64.8 Å². The average molecular weight is 544 g/mol. The molecule has 0 aliphatic carbocycles. The van der Waals surface area contributed by atoms with E-state index in [1.165, 1.54) is 17.4 Å². The van der Waals surface area contributed by atoms with Gasteiger partial charge in [0.25, 0.3) is 6.43 Å². The number of hydrogen-bond acceptors (Lipinski definition) is 7. The van der Waals surface area contributed by atoms with Crippen molar-refractivity contribution in [1.82, 2.24) is 9.88 Å². The fourth-order valence-electron chi connectivity index (χ4n) is 4.26. The molecule has 1 aromatic heterocycles. The van der Waals surface area contributed by atoms with Crippen LogP contribution in [0.2, 0.25) is 0 Å². The summed E-state index contributed by atoms with van der Waals surface area (Å²) >= 11 is 1.53. The topological polar surface area (TPSA) is 61.2 Å². The Kier molecular flexibility index (Phi) is 7.52. The minimum absolute atomic E-state index is 0.0971. The van der Waals surface area contributed by atoms with Crippen molar-refractivity contribution in [3.8, 4) is 10.4 Å². The van der Waals surface area contributed by atoms with E-state index in [0.29, 0.717) is 47.3 Å². The molecule has 1 fully saturated rings. The number of rotatable bonds is 8. The number of halogens is 3. The molecule has 0 N–H and O–H groups in total. The number of alkyl halides is 2. The third-order valence-corrected chi connectivity index (χ3v) is 8.44. The molecule has 0 atom stereocenters. The molecule has 3 heterocycles. The summed E-state index contributed by atoms with van der Waals surface area (Å²) < 4.78 is 53.1. The SMILES string of the molecule is C=C(N1CCS(=O)CC1)N(Cc1ccc(C2=NN=C(C(F)F)C2)cc1F)c1cccc(-c2cncs2)c1. The van der Waals surface area contributed by atoms with E-state index in [9.17, 15) is 13.0 Å². The molecule has 6 nitrogen and oxygen atoms in total. The first-order chi connectivity index (χ1) is 17.9. The number of nitrogens with zero attached hydrogens (tertiary/aromatic N) is 5. The van der Waals surface area contributed by atoms with E-state index in [0.717, 1.165) is 16.1 Å². The molecule has 0 saturated carbocycles. The lowest BCUT2D eigenvalue weighted by Crippen LogP contribution is -2.42. The first-order valence-corrected chi connectivity index (χ1v) is 14.0. The van der Waals surface area contributed by atoms with Crippen LogP contribution in [-0.2, 0) is 17.3 Å². The molecule has 37 heavy (non-hydrogen) atoms. The molecule has 3 aromatic rings. The molecule has 0 bridgehead atoms. The number of thiazole rings is 1. The molecule has 0 amide bonds. The molecule has 0 unspecified atom stereocenters. The molecule has 0 spiro atoms. The van der Waals surface area contributed by atoms with Gasteiger partial charge in [-0.05, 0) is 23.8 Å². The van der Waals surface area contributed by atoms with Gasteiger partial charge >= 0.3 is 0 Å². The highest BCUT2D eigenvalue weighted by molar-refractivity contribution is 7.85. The third kappa shape index (κ3) is 5.67. The van der Waals surface area contributed by atoms with Crippen LogP contribution in [-0.4, -0.2) is 56.5 Å². The molecule has 2 aromatic carbocycles. The van der Waals surface area contributed by atoms with Crippen molar-refractivity contribution in [2.75, 3.05) is 29.5 Å². The third-order valence-electron chi connectivity index (χ3n) is 6.34. The fourth-order valence-corrected chi connectivity index (χ4v) is 5.93. The van der Waals surface area contributed by atoms with Gasteiger partial charge in [-0.3, -0.25) is 9.19 Å². The van der Waals surface area contributed by atoms with Gasteiger partial charge < -0.3 is 9.80 Å². The normalized spacial score (nSPS) is 16.2. The van der Waals surface area contributed by atoms with Crippen LogP contribution in [0.25, 0.3) is 10.4 Å². The van der Waals surface area contributed by atoms with Gasteiger partial charge in [0.05, 0.1) is 22.6 Å². The number of aromatic nitrogens is 1. The molecule has 5 rings (SSSR count). The molecule has 2 aliphatic rings. The van der Waals surface area contributed by atoms with E-state index in [1.807, 2.05) is 29.2 Å². The molecule has 192 valence electrons. The highest BCUT2D eigenvalue weighted by Crippen LogP contribution is 2.31. The molecule has 11 heteroatoms. The van der Waals surface area contributed by atoms with Crippen LogP contribution in [0.1, 0.15) is 17.5 Å². The van der Waals surface area contributed by atoms with Crippen LogP contribution in [0.5, 0.6) is 0 Å². The Morgan fingerprint density at radius 3 is 2.62 bits per heavy atom. The Bertz CT molecular complexity index is 1380. The van der Waals surface area contributed by atoms with Gasteiger partial charge in [-0.1, -0.05) is 30.8 Å². The van der Waals surface area contributed by atoms with Gasteiger partial charge in [0.15, 0.2) is 0 Å². The molecule has 2 aliphatic heterocycles. The lowest BCUT2D eigenvalue weighted by Gasteiger charge is -2.37. The Labute approximate surface area is 219 Å². The smallest absolute Gasteiger partial charge is 0.278 e. The highest BCUT2D eigenvalue weighted by atomic mass is 32.2. The zero-order chi connectivity index (χ0) is 25.9. The first-order valence-electron chi connectivity index (χ1n) is 11.6. The second-order valence-corrected chi connectivity index (χ2v) is 11.3. The maximum atomic E-state index is 15.3. The van der Waals surface area contributed by atoms with E-state index >= 15 is 4.39 Å². The highest BCUT2D eigenvalue weighted by Gasteiger charge is 2.25. The molecular formula is C26H24F3N5OS2. The zero-order valence-electron chi connectivity index (χ0n) is 19.8. The Morgan fingerprint density at radius 1 is 1.14 bits per heavy atom. The van der Waals surface area contributed by atoms with Crippen LogP contribution in [0, 0.1) is 5.82 Å². The second-order valence-electron chi connectivity index (χ2n) is 8.68. The quantitative estimate of drug-likeness (QED) is 0.387. The van der Waals surface area contributed by atoms with Crippen LogP contribution >= 0.6 is 11.3 Å². The summed E-state index contributed by atoms with van der Waals surface area (Å²) in [6.45, 7) is 5.72. The maximum absolute atomic E-state index is 15.3. The van der Waals surface area contributed by atoms with Crippen molar-refractivity contribution >= 4 is 39.2 Å². The first kappa shape index (κ1) is 25.3. The minimum Gasteiger partial charge on any atom is -0.357 e. The Morgan fingerprint density at radius 2 is 1.95 bits per heavy atom. The molecule has 1 saturated heterocycles. The zero-order valence-corrected chi connectivity index (χ0v) is 21.5. The summed E-state index contributed by atoms with van der Waals surface area (Å²) in [5.41, 5.74) is 4.45. The van der Waals surface area contributed by atoms with Gasteiger partial charge in [-0.15, -0.1) is 11.3 Å². The molecular weight excluding hydrogens is 519 g/mol. The standard InChI is InChI=1S/C26H24F3N5OS2/c1-17(33-7-9-37(35)10-8-33)34(21-4-2-3-19(11-21)25-14-30-16-36-25)15-20-6-5-18(12-22(20)27)23-13-24(26(28)29)32-31-23/h2-6,11-12,14,16,26H,1,7-10,13,15H2. The van der Waals surface area contributed by atoms with Crippen molar-refractivity contribution < 1.29 is 17.4 Å². The van der Waals surface area contributed by atoms with E-state index in [1.54, 1.807) is 23.8 Å². The average Bonchev–Trinajstić information content (AvgIpc) is 3.61. The van der Waals surface area contributed by atoms with Gasteiger partial charge in [0.2, 0.25) is 0 Å². The Balaban J connectivity index is 1.43. The van der Waals surface area contributed by atoms with Gasteiger partial charge in [0.1, 0.15) is 17.3 Å². The summed E-state index contributed by atoms with van der Waals surface area (Å²) in [7, 11) is -0.845. The predicted octanol–water partition coefficient (Wildman–Crippen LogP) is 5.31. The maximum Gasteiger partial charge on any atom is 0.278 e. The monoisotopic (exact) mass is 543 g/mol. The van der Waals surface area contributed by atoms with Crippen molar-refractivity contribution in [1.29, 1.82) is 0 Å². The number of anilines is 1. The van der Waals surface area contributed by atoms with Crippen molar-refractivity contribution in [2.24, 2.45) is 10.2 Å². The summed E-state index contributed by atoms with van der Waals surface area (Å²) in [4.78, 5) is 9.20. The largest absolute Gasteiger partial charge is 0.357 e. The van der Waals surface area contributed by atoms with Crippen LogP contribution in [0.3, 0.4) is 0 Å². The summed E-state index contributed by atoms with van der Waals surface area (Å²) in [5, 5.41) is 7.34. The van der Waals surface area contributed by atoms with E-state index in [-0.39, 0.29) is 18.7 Å². The number of benzene rings is 2. The lowest BCUT2D eigenvalue weighted by molar-refractivity contribution is 0.224. The van der Waals surface area contributed by atoms with Crippen LogP contribution < -0.4 is 4.90 Å². The van der Waals surface area contributed by atoms with Gasteiger partial charge in [-0.2, -0.15) is 10.2 Å².